The van der Waals surface area contributed by atoms with Gasteiger partial charge in [0.25, 0.3) is 0 Å². The lowest BCUT2D eigenvalue weighted by Crippen LogP contribution is -2.17. The Bertz CT molecular complexity index is 398. The molecule has 0 aliphatic heterocycles. The molecule has 1 aromatic carbocycles. The van der Waals surface area contributed by atoms with Crippen molar-refractivity contribution in [1.29, 1.82) is 0 Å². The summed E-state index contributed by atoms with van der Waals surface area (Å²) in [5.41, 5.74) is 2.37. The van der Waals surface area contributed by atoms with Crippen LogP contribution >= 0.6 is 0 Å². The summed E-state index contributed by atoms with van der Waals surface area (Å²) < 4.78 is 18.5. The molecule has 2 heteroatoms. The van der Waals surface area contributed by atoms with Crippen LogP contribution in [0.4, 0.5) is 4.39 Å². The molecule has 1 aliphatic rings. The van der Waals surface area contributed by atoms with Crippen molar-refractivity contribution in [1.82, 2.24) is 0 Å². The summed E-state index contributed by atoms with van der Waals surface area (Å²) >= 11 is 0. The number of fused-ring (bicyclic) bond motifs is 1. The molecule has 0 fully saturated rings. The number of rotatable bonds is 3. The second-order valence-corrected chi connectivity index (χ2v) is 4.25. The van der Waals surface area contributed by atoms with Gasteiger partial charge in [0.1, 0.15) is 5.82 Å². The Morgan fingerprint density at radius 1 is 1.50 bits per heavy atom. The number of allylic oxidation sites excluding steroid dienone is 1. The van der Waals surface area contributed by atoms with E-state index >= 15 is 0 Å². The summed E-state index contributed by atoms with van der Waals surface area (Å²) in [6.45, 7) is 6.60. The fourth-order valence-electron chi connectivity index (χ4n) is 2.30. The van der Waals surface area contributed by atoms with Crippen LogP contribution in [0.5, 0.6) is 0 Å². The first kappa shape index (κ1) is 11.2. The van der Waals surface area contributed by atoms with Crippen LogP contribution in [0, 0.1) is 11.7 Å². The van der Waals surface area contributed by atoms with Crippen LogP contribution in [0.1, 0.15) is 24.5 Å². The van der Waals surface area contributed by atoms with E-state index in [2.05, 4.69) is 6.58 Å². The van der Waals surface area contributed by atoms with Gasteiger partial charge in [0.15, 0.2) is 0 Å². The number of halogens is 1. The maximum Gasteiger partial charge on any atom is 0.123 e. The molecule has 0 saturated heterocycles. The van der Waals surface area contributed by atoms with Crippen molar-refractivity contribution >= 4 is 0 Å². The van der Waals surface area contributed by atoms with E-state index < -0.39 is 0 Å². The van der Waals surface area contributed by atoms with E-state index in [1.807, 2.05) is 13.0 Å². The largest absolute Gasteiger partial charge is 0.499 e. The summed E-state index contributed by atoms with van der Waals surface area (Å²) in [5.74, 6) is 1.12. The highest BCUT2D eigenvalue weighted by atomic mass is 19.1. The van der Waals surface area contributed by atoms with Crippen LogP contribution in [0.2, 0.25) is 0 Å². The zero-order valence-corrected chi connectivity index (χ0v) is 9.63. The predicted octanol–water partition coefficient (Wildman–Crippen LogP) is 3.48. The van der Waals surface area contributed by atoms with Gasteiger partial charge in [0.2, 0.25) is 0 Å². The van der Waals surface area contributed by atoms with Crippen LogP contribution in [0.25, 0.3) is 0 Å². The zero-order valence-electron chi connectivity index (χ0n) is 9.63. The second-order valence-electron chi connectivity index (χ2n) is 4.25. The maximum absolute atomic E-state index is 13.0. The first-order valence-electron chi connectivity index (χ1n) is 5.79. The summed E-state index contributed by atoms with van der Waals surface area (Å²) in [7, 11) is 0. The number of aryl methyl sites for hydroxylation is 1. The third-order valence-corrected chi connectivity index (χ3v) is 3.18. The van der Waals surface area contributed by atoms with Crippen LogP contribution in [-0.2, 0) is 17.6 Å². The molecule has 1 nitrogen and oxygen atoms in total. The Kier molecular flexibility index (Phi) is 3.28. The molecule has 2 rings (SSSR count). The first-order chi connectivity index (χ1) is 7.70. The highest BCUT2D eigenvalue weighted by molar-refractivity contribution is 5.31. The molecule has 86 valence electrons. The van der Waals surface area contributed by atoms with Gasteiger partial charge in [-0.05, 0) is 49.4 Å². The molecule has 0 spiro atoms. The zero-order chi connectivity index (χ0) is 11.5. The fourth-order valence-corrected chi connectivity index (χ4v) is 2.30. The van der Waals surface area contributed by atoms with E-state index in [9.17, 15) is 4.39 Å². The molecule has 0 N–H and O–H groups in total. The van der Waals surface area contributed by atoms with E-state index in [4.69, 9.17) is 4.74 Å². The van der Waals surface area contributed by atoms with Crippen LogP contribution in [0.3, 0.4) is 0 Å². The van der Waals surface area contributed by atoms with Crippen molar-refractivity contribution in [3.63, 3.8) is 0 Å². The van der Waals surface area contributed by atoms with Gasteiger partial charge < -0.3 is 4.74 Å². The topological polar surface area (TPSA) is 9.23 Å². The summed E-state index contributed by atoms with van der Waals surface area (Å²) in [6.07, 6.45) is 2.85. The van der Waals surface area contributed by atoms with Crippen LogP contribution < -0.4 is 0 Å². The highest BCUT2D eigenvalue weighted by Gasteiger charge is 2.21. The number of ether oxygens (including phenoxy) is 1. The molecule has 0 amide bonds. The van der Waals surface area contributed by atoms with Gasteiger partial charge in [-0.25, -0.2) is 4.39 Å². The third-order valence-electron chi connectivity index (χ3n) is 3.18. The molecule has 0 radical (unpaired) electrons. The molecular formula is C14H17FO. The van der Waals surface area contributed by atoms with Crippen molar-refractivity contribution in [2.75, 3.05) is 6.61 Å². The van der Waals surface area contributed by atoms with Gasteiger partial charge in [-0.15, -0.1) is 0 Å². The van der Waals surface area contributed by atoms with Crippen molar-refractivity contribution in [3.8, 4) is 0 Å². The minimum Gasteiger partial charge on any atom is -0.499 e. The summed E-state index contributed by atoms with van der Waals surface area (Å²) in [6, 6.07) is 5.07. The molecule has 1 aromatic rings. The lowest BCUT2D eigenvalue weighted by molar-refractivity contribution is 0.185. The summed E-state index contributed by atoms with van der Waals surface area (Å²) in [4.78, 5) is 0. The average molecular weight is 220 g/mol. The number of hydrogen-bond acceptors (Lipinski definition) is 1. The molecule has 1 unspecified atom stereocenters. The van der Waals surface area contributed by atoms with Crippen molar-refractivity contribution in [3.05, 3.63) is 47.5 Å². The Balaban J connectivity index is 2.12. The van der Waals surface area contributed by atoms with Gasteiger partial charge in [0, 0.05) is 5.92 Å². The van der Waals surface area contributed by atoms with Crippen LogP contribution in [-0.4, -0.2) is 6.61 Å². The Morgan fingerprint density at radius 2 is 2.31 bits per heavy atom. The Hall–Kier alpha value is -1.31. The third kappa shape index (κ3) is 2.26. The molecule has 0 saturated carbocycles. The van der Waals surface area contributed by atoms with Gasteiger partial charge in [-0.2, -0.15) is 0 Å². The van der Waals surface area contributed by atoms with Crippen molar-refractivity contribution < 1.29 is 9.13 Å². The molecular weight excluding hydrogens is 203 g/mol. The molecule has 0 bridgehead atoms. The Labute approximate surface area is 95.9 Å². The SMILES string of the molecule is C=C(OCC)C1CCc2cc(F)ccc2C1. The van der Waals surface area contributed by atoms with Gasteiger partial charge in [-0.1, -0.05) is 12.6 Å². The lowest BCUT2D eigenvalue weighted by atomic mass is 9.83. The van der Waals surface area contributed by atoms with Gasteiger partial charge >= 0.3 is 0 Å². The second kappa shape index (κ2) is 4.69. The molecule has 1 atom stereocenters. The van der Waals surface area contributed by atoms with E-state index in [1.54, 1.807) is 6.07 Å². The lowest BCUT2D eigenvalue weighted by Gasteiger charge is -2.25. The molecule has 0 aromatic heterocycles. The maximum atomic E-state index is 13.0. The minimum atomic E-state index is -0.138. The highest BCUT2D eigenvalue weighted by Crippen LogP contribution is 2.30. The normalized spacial score (nSPS) is 19.0. The standard InChI is InChI=1S/C14H17FO/c1-3-16-10(2)11-4-5-13-9-14(15)7-6-12(13)8-11/h6-7,9,11H,2-5,8H2,1H3. The van der Waals surface area contributed by atoms with Gasteiger partial charge in [0.05, 0.1) is 12.4 Å². The minimum absolute atomic E-state index is 0.138. The predicted molar refractivity (Wildman–Crippen MR) is 62.7 cm³/mol. The van der Waals surface area contributed by atoms with E-state index in [0.717, 1.165) is 30.6 Å². The Morgan fingerprint density at radius 3 is 3.06 bits per heavy atom. The average Bonchev–Trinajstić information content (AvgIpc) is 2.28. The van der Waals surface area contributed by atoms with E-state index in [-0.39, 0.29) is 5.82 Å². The first-order valence-corrected chi connectivity index (χ1v) is 5.79. The monoisotopic (exact) mass is 220 g/mol. The molecule has 1 aliphatic carbocycles. The summed E-state index contributed by atoms with van der Waals surface area (Å²) in [5, 5.41) is 0. The smallest absolute Gasteiger partial charge is 0.123 e. The van der Waals surface area contributed by atoms with E-state index in [1.165, 1.54) is 11.6 Å². The molecule has 0 heterocycles. The quantitative estimate of drug-likeness (QED) is 0.709. The fraction of sp³-hybridized carbons (Fsp3) is 0.429. The number of hydrogen-bond donors (Lipinski definition) is 0. The van der Waals surface area contributed by atoms with Crippen molar-refractivity contribution in [2.24, 2.45) is 5.92 Å². The van der Waals surface area contributed by atoms with Gasteiger partial charge in [-0.3, -0.25) is 0 Å². The van der Waals surface area contributed by atoms with Crippen molar-refractivity contribution in [2.45, 2.75) is 26.2 Å². The number of benzene rings is 1. The van der Waals surface area contributed by atoms with Crippen LogP contribution in [0.15, 0.2) is 30.5 Å². The van der Waals surface area contributed by atoms with E-state index in [0.29, 0.717) is 12.5 Å². The molecule has 16 heavy (non-hydrogen) atoms.